The van der Waals surface area contributed by atoms with Crippen molar-refractivity contribution in [2.24, 2.45) is 5.73 Å². The fourth-order valence-corrected chi connectivity index (χ4v) is 1.69. The maximum atomic E-state index is 11.7. The summed E-state index contributed by atoms with van der Waals surface area (Å²) in [6, 6.07) is 14.3. The van der Waals surface area contributed by atoms with E-state index in [2.05, 4.69) is 0 Å². The van der Waals surface area contributed by atoms with E-state index in [1.807, 2.05) is 31.2 Å². The molecule has 4 nitrogen and oxygen atoms in total. The van der Waals surface area contributed by atoms with Crippen molar-refractivity contribution in [2.45, 2.75) is 6.92 Å². The van der Waals surface area contributed by atoms with Crippen molar-refractivity contribution in [3.63, 3.8) is 0 Å². The quantitative estimate of drug-likeness (QED) is 0.297. The summed E-state index contributed by atoms with van der Waals surface area (Å²) in [6.45, 7) is 2.01. The standard InChI is InChI=1S/C17H16N2O2/c1-12-2-4-13(5-3-12)6-11-16(20)21-15-9-7-14(8-10-15)17(18)19/h2-11H,1H3,(H3,18,19). The molecule has 0 atom stereocenters. The Morgan fingerprint density at radius 3 is 2.29 bits per heavy atom. The van der Waals surface area contributed by atoms with Gasteiger partial charge in [0.1, 0.15) is 11.6 Å². The van der Waals surface area contributed by atoms with E-state index >= 15 is 0 Å². The first kappa shape index (κ1) is 14.5. The van der Waals surface area contributed by atoms with E-state index in [1.54, 1.807) is 30.3 Å². The number of carbonyl (C=O) groups excluding carboxylic acids is 1. The van der Waals surface area contributed by atoms with Crippen molar-refractivity contribution in [3.05, 3.63) is 71.3 Å². The van der Waals surface area contributed by atoms with E-state index in [9.17, 15) is 4.79 Å². The number of rotatable bonds is 4. The first-order chi connectivity index (χ1) is 10.0. The van der Waals surface area contributed by atoms with Gasteiger partial charge in [-0.05, 0) is 42.8 Å². The molecule has 2 rings (SSSR count). The molecule has 0 amide bonds. The third kappa shape index (κ3) is 4.31. The molecule has 3 N–H and O–H groups in total. The van der Waals surface area contributed by atoms with Gasteiger partial charge in [0.2, 0.25) is 0 Å². The van der Waals surface area contributed by atoms with E-state index < -0.39 is 5.97 Å². The molecule has 0 bridgehead atoms. The number of hydrogen-bond donors (Lipinski definition) is 2. The number of ether oxygens (including phenoxy) is 1. The summed E-state index contributed by atoms with van der Waals surface area (Å²) < 4.78 is 5.16. The van der Waals surface area contributed by atoms with Crippen molar-refractivity contribution in [3.8, 4) is 5.75 Å². The lowest BCUT2D eigenvalue weighted by Crippen LogP contribution is -2.11. The largest absolute Gasteiger partial charge is 0.423 e. The highest BCUT2D eigenvalue weighted by molar-refractivity contribution is 5.95. The normalized spacial score (nSPS) is 10.5. The van der Waals surface area contributed by atoms with Crippen molar-refractivity contribution < 1.29 is 9.53 Å². The number of nitrogens with one attached hydrogen (secondary N) is 1. The first-order valence-electron chi connectivity index (χ1n) is 6.45. The minimum atomic E-state index is -0.453. The molecular weight excluding hydrogens is 264 g/mol. The highest BCUT2D eigenvalue weighted by Gasteiger charge is 2.02. The molecule has 4 heteroatoms. The van der Waals surface area contributed by atoms with Crippen LogP contribution in [-0.2, 0) is 4.79 Å². The van der Waals surface area contributed by atoms with Gasteiger partial charge in [0.15, 0.2) is 0 Å². The molecule has 0 saturated carbocycles. The molecule has 0 fully saturated rings. The number of benzene rings is 2. The molecule has 0 saturated heterocycles. The van der Waals surface area contributed by atoms with E-state index in [0.717, 1.165) is 5.56 Å². The zero-order chi connectivity index (χ0) is 15.2. The molecule has 0 aliphatic rings. The van der Waals surface area contributed by atoms with Crippen LogP contribution in [0.25, 0.3) is 6.08 Å². The van der Waals surface area contributed by atoms with E-state index in [-0.39, 0.29) is 5.84 Å². The molecule has 2 aromatic rings. The summed E-state index contributed by atoms with van der Waals surface area (Å²) in [6.07, 6.45) is 3.08. The van der Waals surface area contributed by atoms with E-state index in [4.69, 9.17) is 15.9 Å². The fraction of sp³-hybridized carbons (Fsp3) is 0.0588. The first-order valence-corrected chi connectivity index (χ1v) is 6.45. The van der Waals surface area contributed by atoms with E-state index in [1.165, 1.54) is 11.6 Å². The van der Waals surface area contributed by atoms with Crippen LogP contribution in [0.5, 0.6) is 5.75 Å². The maximum absolute atomic E-state index is 11.7. The van der Waals surface area contributed by atoms with Gasteiger partial charge in [-0.3, -0.25) is 5.41 Å². The molecule has 21 heavy (non-hydrogen) atoms. The zero-order valence-corrected chi connectivity index (χ0v) is 11.7. The Hall–Kier alpha value is -2.88. The van der Waals surface area contributed by atoms with Crippen LogP contribution >= 0.6 is 0 Å². The van der Waals surface area contributed by atoms with Crippen molar-refractivity contribution in [2.75, 3.05) is 0 Å². The van der Waals surface area contributed by atoms with Crippen molar-refractivity contribution in [1.82, 2.24) is 0 Å². The Bertz CT molecular complexity index is 671. The second kappa shape index (κ2) is 6.52. The third-order valence-electron chi connectivity index (χ3n) is 2.87. The van der Waals surface area contributed by atoms with Gasteiger partial charge in [-0.15, -0.1) is 0 Å². The van der Waals surface area contributed by atoms with Crippen LogP contribution in [-0.4, -0.2) is 11.8 Å². The predicted molar refractivity (Wildman–Crippen MR) is 83.3 cm³/mol. The van der Waals surface area contributed by atoms with Crippen LogP contribution in [0.15, 0.2) is 54.6 Å². The summed E-state index contributed by atoms with van der Waals surface area (Å²) in [5.74, 6) is -0.0585. The number of amidine groups is 1. The predicted octanol–water partition coefficient (Wildman–Crippen LogP) is 2.90. The average molecular weight is 280 g/mol. The molecule has 0 spiro atoms. The van der Waals surface area contributed by atoms with Crippen LogP contribution in [0, 0.1) is 12.3 Å². The Morgan fingerprint density at radius 1 is 1.10 bits per heavy atom. The molecule has 0 aliphatic heterocycles. The van der Waals surface area contributed by atoms with Crippen LogP contribution in [0.4, 0.5) is 0 Å². The number of esters is 1. The Morgan fingerprint density at radius 2 is 1.71 bits per heavy atom. The number of nitrogen functional groups attached to an aromatic ring is 1. The van der Waals surface area contributed by atoms with Gasteiger partial charge in [0.25, 0.3) is 0 Å². The fourth-order valence-electron chi connectivity index (χ4n) is 1.69. The monoisotopic (exact) mass is 280 g/mol. The molecule has 106 valence electrons. The van der Waals surface area contributed by atoms with Gasteiger partial charge < -0.3 is 10.5 Å². The minimum absolute atomic E-state index is 0.0212. The summed E-state index contributed by atoms with van der Waals surface area (Å²) in [4.78, 5) is 11.7. The molecular formula is C17H16N2O2. The Labute approximate surface area is 123 Å². The lowest BCUT2D eigenvalue weighted by Gasteiger charge is -2.02. The Balaban J connectivity index is 1.98. The molecule has 0 aromatic heterocycles. The number of hydrogen-bond acceptors (Lipinski definition) is 3. The SMILES string of the molecule is Cc1ccc(C=CC(=O)Oc2ccc(C(=N)N)cc2)cc1. The third-order valence-corrected chi connectivity index (χ3v) is 2.87. The molecule has 0 aliphatic carbocycles. The van der Waals surface area contributed by atoms with Crippen molar-refractivity contribution in [1.29, 1.82) is 5.41 Å². The second-order valence-corrected chi connectivity index (χ2v) is 4.60. The van der Waals surface area contributed by atoms with Gasteiger partial charge in [-0.2, -0.15) is 0 Å². The van der Waals surface area contributed by atoms with Crippen LogP contribution < -0.4 is 10.5 Å². The second-order valence-electron chi connectivity index (χ2n) is 4.60. The summed E-state index contributed by atoms with van der Waals surface area (Å²) >= 11 is 0. The van der Waals surface area contributed by atoms with Gasteiger partial charge >= 0.3 is 5.97 Å². The van der Waals surface area contributed by atoms with Gasteiger partial charge in [0.05, 0.1) is 0 Å². The van der Waals surface area contributed by atoms with Crippen LogP contribution in [0.3, 0.4) is 0 Å². The summed E-state index contributed by atoms with van der Waals surface area (Å²) in [5.41, 5.74) is 8.04. The molecule has 2 aromatic carbocycles. The van der Waals surface area contributed by atoms with E-state index in [0.29, 0.717) is 11.3 Å². The lowest BCUT2D eigenvalue weighted by atomic mass is 10.1. The molecule has 0 radical (unpaired) electrons. The van der Waals surface area contributed by atoms with Gasteiger partial charge in [-0.1, -0.05) is 29.8 Å². The smallest absolute Gasteiger partial charge is 0.336 e. The number of aryl methyl sites for hydroxylation is 1. The van der Waals surface area contributed by atoms with Crippen LogP contribution in [0.1, 0.15) is 16.7 Å². The minimum Gasteiger partial charge on any atom is -0.423 e. The average Bonchev–Trinajstić information content (AvgIpc) is 2.47. The number of nitrogens with two attached hydrogens (primary N) is 1. The summed E-state index contributed by atoms with van der Waals surface area (Å²) in [5, 5.41) is 7.28. The highest BCUT2D eigenvalue weighted by atomic mass is 16.5. The van der Waals surface area contributed by atoms with Gasteiger partial charge in [0, 0.05) is 11.6 Å². The van der Waals surface area contributed by atoms with Crippen LogP contribution in [0.2, 0.25) is 0 Å². The lowest BCUT2D eigenvalue weighted by molar-refractivity contribution is -0.128. The Kier molecular flexibility index (Phi) is 4.51. The van der Waals surface area contributed by atoms with Crippen molar-refractivity contribution >= 4 is 17.9 Å². The zero-order valence-electron chi connectivity index (χ0n) is 11.7. The van der Waals surface area contributed by atoms with Gasteiger partial charge in [-0.25, -0.2) is 4.79 Å². The topological polar surface area (TPSA) is 76.2 Å². The maximum Gasteiger partial charge on any atom is 0.336 e. The number of carbonyl (C=O) groups is 1. The molecule has 0 unspecified atom stereocenters. The summed E-state index contributed by atoms with van der Waals surface area (Å²) in [7, 11) is 0. The molecule has 0 heterocycles. The highest BCUT2D eigenvalue weighted by Crippen LogP contribution is 2.12.